The molecule has 0 unspecified atom stereocenters. The van der Waals surface area contributed by atoms with Gasteiger partial charge in [-0.05, 0) is 43.3 Å². The summed E-state index contributed by atoms with van der Waals surface area (Å²) >= 11 is 5.19. The highest BCUT2D eigenvalue weighted by Gasteiger charge is 2.22. The molecule has 25 heavy (non-hydrogen) atoms. The number of hydrogen-bond acceptors (Lipinski definition) is 3. The van der Waals surface area contributed by atoms with E-state index in [9.17, 15) is 9.59 Å². The van der Waals surface area contributed by atoms with Gasteiger partial charge >= 0.3 is 0 Å². The number of thiocarbonyl (C=S) groups is 1. The molecule has 0 saturated carbocycles. The summed E-state index contributed by atoms with van der Waals surface area (Å²) < 4.78 is 0. The van der Waals surface area contributed by atoms with Crippen LogP contribution in [0.25, 0.3) is 0 Å². The number of nitrogens with one attached hydrogen (secondary N) is 2. The van der Waals surface area contributed by atoms with E-state index in [0.29, 0.717) is 11.3 Å². The molecule has 0 atom stereocenters. The quantitative estimate of drug-likeness (QED) is 0.755. The van der Waals surface area contributed by atoms with E-state index in [1.54, 1.807) is 18.2 Å². The highest BCUT2D eigenvalue weighted by atomic mass is 32.1. The van der Waals surface area contributed by atoms with Crippen molar-refractivity contribution in [3.8, 4) is 0 Å². The van der Waals surface area contributed by atoms with Crippen LogP contribution < -0.4 is 10.6 Å². The maximum Gasteiger partial charge on any atom is 0.253 e. The van der Waals surface area contributed by atoms with Crippen molar-refractivity contribution < 1.29 is 9.59 Å². The molecule has 0 heterocycles. The first-order valence-electron chi connectivity index (χ1n) is 8.70. The van der Waals surface area contributed by atoms with Gasteiger partial charge in [0.1, 0.15) is 0 Å². The van der Waals surface area contributed by atoms with Crippen molar-refractivity contribution >= 4 is 34.8 Å². The van der Waals surface area contributed by atoms with E-state index < -0.39 is 5.41 Å². The van der Waals surface area contributed by atoms with E-state index in [2.05, 4.69) is 24.5 Å². The third kappa shape index (κ3) is 6.82. The topological polar surface area (TPSA) is 61.4 Å². The van der Waals surface area contributed by atoms with Crippen LogP contribution in [0, 0.1) is 5.41 Å². The number of nitrogens with zero attached hydrogens (tertiary/aromatic N) is 1. The zero-order chi connectivity index (χ0) is 19.0. The fourth-order valence-corrected chi connectivity index (χ4v) is 2.43. The SMILES string of the molecule is CCCN(CCC)C(=O)c1cccc(NC(=S)NC(=O)C(C)(C)C)c1. The molecule has 0 spiro atoms. The third-order valence-electron chi connectivity index (χ3n) is 3.55. The molecule has 6 heteroatoms. The molecule has 0 aliphatic rings. The Labute approximate surface area is 156 Å². The number of anilines is 1. The molecule has 2 amide bonds. The van der Waals surface area contributed by atoms with E-state index in [0.717, 1.165) is 25.9 Å². The normalized spacial score (nSPS) is 10.9. The van der Waals surface area contributed by atoms with E-state index in [-0.39, 0.29) is 16.9 Å². The van der Waals surface area contributed by atoms with Crippen molar-refractivity contribution in [1.29, 1.82) is 0 Å². The lowest BCUT2D eigenvalue weighted by Crippen LogP contribution is -2.41. The highest BCUT2D eigenvalue weighted by Crippen LogP contribution is 2.15. The van der Waals surface area contributed by atoms with E-state index in [4.69, 9.17) is 12.2 Å². The molecule has 0 fully saturated rings. The van der Waals surface area contributed by atoms with Gasteiger partial charge in [0.05, 0.1) is 0 Å². The van der Waals surface area contributed by atoms with Crippen molar-refractivity contribution in [2.45, 2.75) is 47.5 Å². The Balaban J connectivity index is 2.82. The molecule has 0 aliphatic heterocycles. The summed E-state index contributed by atoms with van der Waals surface area (Å²) in [6.45, 7) is 11.1. The van der Waals surface area contributed by atoms with Crippen molar-refractivity contribution in [3.05, 3.63) is 29.8 Å². The van der Waals surface area contributed by atoms with Gasteiger partial charge in [0.15, 0.2) is 5.11 Å². The summed E-state index contributed by atoms with van der Waals surface area (Å²) in [6, 6.07) is 7.18. The van der Waals surface area contributed by atoms with Gasteiger partial charge in [-0.15, -0.1) is 0 Å². The largest absolute Gasteiger partial charge is 0.339 e. The summed E-state index contributed by atoms with van der Waals surface area (Å²) in [6.07, 6.45) is 1.85. The first kappa shape index (κ1) is 21.1. The lowest BCUT2D eigenvalue weighted by Gasteiger charge is -2.22. The fraction of sp³-hybridized carbons (Fsp3) is 0.526. The fourth-order valence-electron chi connectivity index (χ4n) is 2.22. The van der Waals surface area contributed by atoms with Crippen LogP contribution in [0.3, 0.4) is 0 Å². The molecular weight excluding hydrogens is 334 g/mol. The third-order valence-corrected chi connectivity index (χ3v) is 3.75. The average Bonchev–Trinajstić information content (AvgIpc) is 2.53. The molecule has 0 aliphatic carbocycles. The number of benzene rings is 1. The summed E-state index contributed by atoms with van der Waals surface area (Å²) in [5.74, 6) is -0.147. The van der Waals surface area contributed by atoms with Gasteiger partial charge in [0.2, 0.25) is 5.91 Å². The summed E-state index contributed by atoms with van der Waals surface area (Å²) in [5.41, 5.74) is 0.763. The van der Waals surface area contributed by atoms with Crippen LogP contribution in [-0.4, -0.2) is 34.9 Å². The van der Waals surface area contributed by atoms with Crippen LogP contribution in [-0.2, 0) is 4.79 Å². The minimum atomic E-state index is -0.523. The van der Waals surface area contributed by atoms with Crippen molar-refractivity contribution in [2.75, 3.05) is 18.4 Å². The van der Waals surface area contributed by atoms with Crippen LogP contribution in [0.4, 0.5) is 5.69 Å². The van der Waals surface area contributed by atoms with Crippen LogP contribution in [0.15, 0.2) is 24.3 Å². The van der Waals surface area contributed by atoms with Gasteiger partial charge in [-0.25, -0.2) is 0 Å². The molecule has 0 aromatic heterocycles. The van der Waals surface area contributed by atoms with Crippen LogP contribution >= 0.6 is 12.2 Å². The zero-order valence-corrected chi connectivity index (χ0v) is 16.6. The monoisotopic (exact) mass is 363 g/mol. The van der Waals surface area contributed by atoms with Gasteiger partial charge in [-0.1, -0.05) is 40.7 Å². The average molecular weight is 364 g/mol. The van der Waals surface area contributed by atoms with Crippen LogP contribution in [0.5, 0.6) is 0 Å². The first-order chi connectivity index (χ1) is 11.7. The molecular formula is C19H29N3O2S. The highest BCUT2D eigenvalue weighted by molar-refractivity contribution is 7.80. The summed E-state index contributed by atoms with van der Waals surface area (Å²) in [5, 5.41) is 5.86. The van der Waals surface area contributed by atoms with Gasteiger partial charge < -0.3 is 15.5 Å². The number of carbonyl (C=O) groups excluding carboxylic acids is 2. The smallest absolute Gasteiger partial charge is 0.253 e. The standard InChI is InChI=1S/C19H29N3O2S/c1-6-11-22(12-7-2)16(23)14-9-8-10-15(13-14)20-18(25)21-17(24)19(3,4)5/h8-10,13H,6-7,11-12H2,1-5H3,(H2,20,21,24,25). The Morgan fingerprint density at radius 2 is 1.72 bits per heavy atom. The van der Waals surface area contributed by atoms with E-state index >= 15 is 0 Å². The Morgan fingerprint density at radius 3 is 2.24 bits per heavy atom. The Hall–Kier alpha value is -1.95. The maximum atomic E-state index is 12.7. The minimum Gasteiger partial charge on any atom is -0.339 e. The predicted molar refractivity (Wildman–Crippen MR) is 107 cm³/mol. The second-order valence-electron chi connectivity index (χ2n) is 7.03. The van der Waals surface area contributed by atoms with E-state index in [1.165, 1.54) is 0 Å². The molecule has 5 nitrogen and oxygen atoms in total. The van der Waals surface area contributed by atoms with Crippen molar-refractivity contribution in [2.24, 2.45) is 5.41 Å². The molecule has 138 valence electrons. The number of amides is 2. The second kappa shape index (κ2) is 9.51. The number of carbonyl (C=O) groups is 2. The van der Waals surface area contributed by atoms with E-state index in [1.807, 2.05) is 31.7 Å². The molecule has 0 radical (unpaired) electrons. The predicted octanol–water partition coefficient (Wildman–Crippen LogP) is 3.81. The van der Waals surface area contributed by atoms with Crippen molar-refractivity contribution in [3.63, 3.8) is 0 Å². The zero-order valence-electron chi connectivity index (χ0n) is 15.8. The molecule has 2 N–H and O–H groups in total. The Kier molecular flexibility index (Phi) is 8.03. The Bertz CT molecular complexity index is 617. The maximum absolute atomic E-state index is 12.7. The lowest BCUT2D eigenvalue weighted by molar-refractivity contribution is -0.126. The molecule has 0 bridgehead atoms. The summed E-state index contributed by atoms with van der Waals surface area (Å²) in [7, 11) is 0. The van der Waals surface area contributed by atoms with Crippen molar-refractivity contribution in [1.82, 2.24) is 10.2 Å². The van der Waals surface area contributed by atoms with Gasteiger partial charge in [-0.3, -0.25) is 9.59 Å². The molecule has 1 aromatic rings. The van der Waals surface area contributed by atoms with Crippen LogP contribution in [0.2, 0.25) is 0 Å². The van der Waals surface area contributed by atoms with Crippen LogP contribution in [0.1, 0.15) is 57.8 Å². The number of rotatable bonds is 6. The molecule has 1 aromatic carbocycles. The van der Waals surface area contributed by atoms with Gasteiger partial charge in [0.25, 0.3) is 5.91 Å². The van der Waals surface area contributed by atoms with Gasteiger partial charge in [0, 0.05) is 29.8 Å². The van der Waals surface area contributed by atoms with Gasteiger partial charge in [-0.2, -0.15) is 0 Å². The first-order valence-corrected chi connectivity index (χ1v) is 9.11. The molecule has 1 rings (SSSR count). The second-order valence-corrected chi connectivity index (χ2v) is 7.44. The summed E-state index contributed by atoms with van der Waals surface area (Å²) in [4.78, 5) is 26.5. The Morgan fingerprint density at radius 1 is 1.12 bits per heavy atom. The number of hydrogen-bond donors (Lipinski definition) is 2. The molecule has 0 saturated heterocycles. The minimum absolute atomic E-state index is 0.0111. The lowest BCUT2D eigenvalue weighted by atomic mass is 9.96.